The molecule has 0 atom stereocenters. The van der Waals surface area contributed by atoms with E-state index >= 15 is 0 Å². The average molecular weight is 427 g/mol. The molecule has 0 aliphatic rings. The molecular formula is C24H21N5O3. The van der Waals surface area contributed by atoms with Crippen molar-refractivity contribution in [2.45, 2.75) is 20.3 Å². The molecule has 0 aliphatic carbocycles. The van der Waals surface area contributed by atoms with Crippen LogP contribution in [0.1, 0.15) is 23.6 Å². The van der Waals surface area contributed by atoms with Crippen molar-refractivity contribution in [2.75, 3.05) is 5.32 Å². The number of hydrogen-bond donors (Lipinski definition) is 1. The fourth-order valence-electron chi connectivity index (χ4n) is 3.27. The van der Waals surface area contributed by atoms with Gasteiger partial charge in [-0.2, -0.15) is 4.80 Å². The van der Waals surface area contributed by atoms with Crippen LogP contribution in [0.4, 0.5) is 11.4 Å². The van der Waals surface area contributed by atoms with Gasteiger partial charge in [0.15, 0.2) is 0 Å². The summed E-state index contributed by atoms with van der Waals surface area (Å²) in [5.74, 6) is -0.346. The number of nitro benzene ring substituents is 1. The van der Waals surface area contributed by atoms with Crippen molar-refractivity contribution in [2.24, 2.45) is 0 Å². The number of nitro groups is 1. The van der Waals surface area contributed by atoms with Crippen LogP contribution in [0.3, 0.4) is 0 Å². The molecule has 0 radical (unpaired) electrons. The molecule has 1 aromatic heterocycles. The molecule has 160 valence electrons. The molecule has 0 spiro atoms. The molecule has 3 aromatic carbocycles. The van der Waals surface area contributed by atoms with Crippen LogP contribution in [-0.4, -0.2) is 25.8 Å². The molecule has 0 aliphatic heterocycles. The monoisotopic (exact) mass is 427 g/mol. The number of amides is 1. The van der Waals surface area contributed by atoms with Crippen LogP contribution in [0.25, 0.3) is 22.8 Å². The first kappa shape index (κ1) is 20.9. The molecule has 8 heteroatoms. The lowest BCUT2D eigenvalue weighted by molar-refractivity contribution is -0.384. The normalized spacial score (nSPS) is 11.2. The van der Waals surface area contributed by atoms with Crippen LogP contribution < -0.4 is 5.32 Å². The van der Waals surface area contributed by atoms with Crippen molar-refractivity contribution in [3.8, 4) is 5.69 Å². The highest BCUT2D eigenvalue weighted by Crippen LogP contribution is 2.22. The third-order valence-corrected chi connectivity index (χ3v) is 5.07. The number of hydrogen-bond acceptors (Lipinski definition) is 5. The minimum atomic E-state index is -0.471. The van der Waals surface area contributed by atoms with E-state index < -0.39 is 4.92 Å². The number of aromatic nitrogens is 3. The Labute approximate surface area is 184 Å². The van der Waals surface area contributed by atoms with Gasteiger partial charge < -0.3 is 5.32 Å². The Morgan fingerprint density at radius 2 is 1.81 bits per heavy atom. The van der Waals surface area contributed by atoms with E-state index in [1.54, 1.807) is 23.0 Å². The molecule has 0 saturated heterocycles. The Morgan fingerprint density at radius 3 is 2.50 bits per heavy atom. The molecule has 8 nitrogen and oxygen atoms in total. The lowest BCUT2D eigenvalue weighted by atomic mass is 10.1. The zero-order valence-electron chi connectivity index (χ0n) is 17.6. The van der Waals surface area contributed by atoms with Crippen LogP contribution >= 0.6 is 0 Å². The van der Waals surface area contributed by atoms with E-state index in [0.29, 0.717) is 16.8 Å². The van der Waals surface area contributed by atoms with E-state index in [1.165, 1.54) is 29.8 Å². The van der Waals surface area contributed by atoms with Gasteiger partial charge in [-0.3, -0.25) is 14.9 Å². The summed E-state index contributed by atoms with van der Waals surface area (Å²) in [5.41, 5.74) is 5.51. The molecule has 0 unspecified atom stereocenters. The van der Waals surface area contributed by atoms with E-state index in [-0.39, 0.29) is 11.6 Å². The predicted molar refractivity (Wildman–Crippen MR) is 124 cm³/mol. The van der Waals surface area contributed by atoms with Crippen molar-refractivity contribution >= 4 is 34.4 Å². The van der Waals surface area contributed by atoms with Crippen LogP contribution in [-0.2, 0) is 11.2 Å². The molecule has 1 N–H and O–H groups in total. The lowest BCUT2D eigenvalue weighted by Gasteiger charge is -2.05. The Bertz CT molecular complexity index is 1340. The third-order valence-electron chi connectivity index (χ3n) is 5.07. The van der Waals surface area contributed by atoms with Gasteiger partial charge in [-0.15, -0.1) is 10.2 Å². The quantitative estimate of drug-likeness (QED) is 0.269. The van der Waals surface area contributed by atoms with Crippen molar-refractivity contribution < 1.29 is 9.72 Å². The Kier molecular flexibility index (Phi) is 5.76. The Balaban J connectivity index is 1.53. The fourth-order valence-corrected chi connectivity index (χ4v) is 3.27. The second kappa shape index (κ2) is 8.81. The summed E-state index contributed by atoms with van der Waals surface area (Å²) in [7, 11) is 0. The number of rotatable bonds is 6. The number of nitrogens with one attached hydrogen (secondary N) is 1. The summed E-state index contributed by atoms with van der Waals surface area (Å²) in [6.45, 7) is 3.99. The smallest absolute Gasteiger partial charge is 0.270 e. The van der Waals surface area contributed by atoms with E-state index in [4.69, 9.17) is 0 Å². The van der Waals surface area contributed by atoms with Crippen LogP contribution in [0.2, 0.25) is 0 Å². The van der Waals surface area contributed by atoms with Gasteiger partial charge in [0.2, 0.25) is 5.91 Å². The van der Waals surface area contributed by atoms with Gasteiger partial charge in [0, 0.05) is 23.9 Å². The van der Waals surface area contributed by atoms with Gasteiger partial charge in [0.25, 0.3) is 5.69 Å². The van der Waals surface area contributed by atoms with Crippen LogP contribution in [0, 0.1) is 17.0 Å². The zero-order valence-corrected chi connectivity index (χ0v) is 17.6. The van der Waals surface area contributed by atoms with Crippen LogP contribution in [0.15, 0.2) is 66.7 Å². The number of anilines is 1. The molecule has 0 saturated carbocycles. The van der Waals surface area contributed by atoms with E-state index in [1.807, 2.05) is 37.3 Å². The first-order valence-corrected chi connectivity index (χ1v) is 10.1. The highest BCUT2D eigenvalue weighted by Gasteiger charge is 2.10. The SMILES string of the molecule is CCc1ccc(-n2nc3cc(C)c(NC(=O)/C=C/c4cccc([N+](=O)[O-])c4)cc3n2)cc1. The number of benzene rings is 3. The van der Waals surface area contributed by atoms with Gasteiger partial charge in [-0.05, 0) is 60.4 Å². The van der Waals surface area contributed by atoms with E-state index in [0.717, 1.165) is 23.2 Å². The summed E-state index contributed by atoms with van der Waals surface area (Å²) >= 11 is 0. The number of carbonyl (C=O) groups is 1. The topological polar surface area (TPSA) is 103 Å². The third kappa shape index (κ3) is 4.54. The summed E-state index contributed by atoms with van der Waals surface area (Å²) < 4.78 is 0. The fraction of sp³-hybridized carbons (Fsp3) is 0.125. The first-order chi connectivity index (χ1) is 15.4. The Morgan fingerprint density at radius 1 is 1.09 bits per heavy atom. The van der Waals surface area contributed by atoms with Gasteiger partial charge in [0.05, 0.1) is 10.6 Å². The molecule has 4 rings (SSSR count). The molecule has 1 heterocycles. The lowest BCUT2D eigenvalue weighted by Crippen LogP contribution is -2.08. The second-order valence-electron chi connectivity index (χ2n) is 7.34. The minimum absolute atomic E-state index is 0.0266. The van der Waals surface area contributed by atoms with Gasteiger partial charge in [0.1, 0.15) is 11.0 Å². The average Bonchev–Trinajstić information content (AvgIpc) is 3.21. The predicted octanol–water partition coefficient (Wildman–Crippen LogP) is 4.85. The maximum Gasteiger partial charge on any atom is 0.270 e. The van der Waals surface area contributed by atoms with Crippen molar-refractivity contribution in [1.82, 2.24) is 15.0 Å². The number of fused-ring (bicyclic) bond motifs is 1. The van der Waals surface area contributed by atoms with E-state index in [2.05, 4.69) is 22.4 Å². The number of carbonyl (C=O) groups excluding carboxylic acids is 1. The van der Waals surface area contributed by atoms with Crippen molar-refractivity contribution in [3.63, 3.8) is 0 Å². The number of non-ortho nitro benzene ring substituents is 1. The summed E-state index contributed by atoms with van der Waals surface area (Å²) in [4.78, 5) is 24.4. The maximum atomic E-state index is 12.4. The van der Waals surface area contributed by atoms with E-state index in [9.17, 15) is 14.9 Å². The molecule has 32 heavy (non-hydrogen) atoms. The molecule has 0 fully saturated rings. The summed E-state index contributed by atoms with van der Waals surface area (Å²) in [6, 6.07) is 17.8. The standard InChI is InChI=1S/C24H21N5O3/c1-3-17-7-10-19(11-8-17)28-26-22-13-16(2)21(15-23(22)27-28)25-24(30)12-9-18-5-4-6-20(14-18)29(31)32/h4-15H,3H2,1-2H3,(H,25,30)/b12-9+. The maximum absolute atomic E-state index is 12.4. The van der Waals surface area contributed by atoms with Gasteiger partial charge in [-0.25, -0.2) is 0 Å². The first-order valence-electron chi connectivity index (χ1n) is 10.1. The summed E-state index contributed by atoms with van der Waals surface area (Å²) in [6.07, 6.45) is 3.84. The number of nitrogens with zero attached hydrogens (tertiary/aromatic N) is 4. The van der Waals surface area contributed by atoms with Crippen molar-refractivity contribution in [3.05, 3.63) is 93.5 Å². The minimum Gasteiger partial charge on any atom is -0.322 e. The second-order valence-corrected chi connectivity index (χ2v) is 7.34. The zero-order chi connectivity index (χ0) is 22.7. The molecule has 4 aromatic rings. The van der Waals surface area contributed by atoms with Crippen molar-refractivity contribution in [1.29, 1.82) is 0 Å². The summed E-state index contributed by atoms with van der Waals surface area (Å²) in [5, 5.41) is 22.8. The molecule has 0 bridgehead atoms. The van der Waals surface area contributed by atoms with Crippen LogP contribution in [0.5, 0.6) is 0 Å². The highest BCUT2D eigenvalue weighted by atomic mass is 16.6. The largest absolute Gasteiger partial charge is 0.322 e. The molecular weight excluding hydrogens is 406 g/mol. The molecule has 1 amide bonds. The van der Waals surface area contributed by atoms with Gasteiger partial charge >= 0.3 is 0 Å². The number of aryl methyl sites for hydroxylation is 2. The highest BCUT2D eigenvalue weighted by molar-refractivity contribution is 6.03. The van der Waals surface area contributed by atoms with Gasteiger partial charge in [-0.1, -0.05) is 31.2 Å². The Hall–Kier alpha value is -4.33.